The Hall–Kier alpha value is -1.85. The molecule has 0 aromatic heterocycles. The Morgan fingerprint density at radius 1 is 1.17 bits per heavy atom. The van der Waals surface area contributed by atoms with Crippen LogP contribution in [0, 0.1) is 0 Å². The molecule has 2 rings (SSSR count). The quantitative estimate of drug-likeness (QED) is 0.602. The summed E-state index contributed by atoms with van der Waals surface area (Å²) in [5.74, 6) is 0.215. The Labute approximate surface area is 148 Å². The number of rotatable bonds is 5. The number of nitrogens with zero attached hydrogens (tertiary/aromatic N) is 1. The van der Waals surface area contributed by atoms with Gasteiger partial charge in [0.1, 0.15) is 5.75 Å². The van der Waals surface area contributed by atoms with Gasteiger partial charge in [-0.1, -0.05) is 39.7 Å². The van der Waals surface area contributed by atoms with E-state index in [4.69, 9.17) is 16.3 Å². The van der Waals surface area contributed by atoms with Crippen molar-refractivity contribution in [2.45, 2.75) is 19.4 Å². The average molecular weight is 396 g/mol. The normalized spacial score (nSPS) is 11.5. The van der Waals surface area contributed by atoms with E-state index in [1.165, 1.54) is 0 Å². The third-order valence-electron chi connectivity index (χ3n) is 2.98. The van der Waals surface area contributed by atoms with E-state index >= 15 is 0 Å². The minimum Gasteiger partial charge on any atom is -0.478 e. The Kier molecular flexibility index (Phi) is 5.80. The van der Waals surface area contributed by atoms with E-state index in [1.807, 2.05) is 24.3 Å². The summed E-state index contributed by atoms with van der Waals surface area (Å²) in [6.45, 7) is 3.35. The molecule has 6 heteroatoms. The molecular formula is C17H16BrClN2O2. The molecule has 2 aromatic carbocycles. The molecule has 0 heterocycles. The first kappa shape index (κ1) is 17.5. The summed E-state index contributed by atoms with van der Waals surface area (Å²) in [6, 6.07) is 14.4. The Bertz CT molecular complexity index is 698. The van der Waals surface area contributed by atoms with Gasteiger partial charge in [-0.15, -0.1) is 0 Å². The zero-order valence-electron chi connectivity index (χ0n) is 12.7. The highest BCUT2D eigenvalue weighted by atomic mass is 79.9. The van der Waals surface area contributed by atoms with Crippen LogP contribution in [0.5, 0.6) is 5.75 Å². The minimum absolute atomic E-state index is 0.346. The van der Waals surface area contributed by atoms with Crippen molar-refractivity contribution < 1.29 is 9.53 Å². The van der Waals surface area contributed by atoms with Gasteiger partial charge in [-0.25, -0.2) is 5.43 Å². The first-order valence-electron chi connectivity index (χ1n) is 6.90. The van der Waals surface area contributed by atoms with Crippen molar-refractivity contribution in [3.63, 3.8) is 0 Å². The average Bonchev–Trinajstić information content (AvgIpc) is 2.51. The molecule has 1 amide bonds. The molecule has 0 atom stereocenters. The van der Waals surface area contributed by atoms with Crippen molar-refractivity contribution >= 4 is 39.7 Å². The highest BCUT2D eigenvalue weighted by molar-refractivity contribution is 9.10. The van der Waals surface area contributed by atoms with Crippen molar-refractivity contribution in [3.05, 3.63) is 63.6 Å². The molecule has 0 radical (unpaired) electrons. The first-order valence-corrected chi connectivity index (χ1v) is 8.07. The molecular weight excluding hydrogens is 380 g/mol. The fourth-order valence-electron chi connectivity index (χ4n) is 1.69. The van der Waals surface area contributed by atoms with Gasteiger partial charge >= 0.3 is 0 Å². The summed E-state index contributed by atoms with van der Waals surface area (Å²) >= 11 is 9.18. The molecule has 0 fully saturated rings. The van der Waals surface area contributed by atoms with Crippen LogP contribution in [0.3, 0.4) is 0 Å². The zero-order chi connectivity index (χ0) is 16.9. The Balaban J connectivity index is 1.95. The molecule has 0 bridgehead atoms. The van der Waals surface area contributed by atoms with Crippen LogP contribution in [0.1, 0.15) is 19.4 Å². The molecule has 0 saturated carbocycles. The number of amides is 1. The maximum absolute atomic E-state index is 12.2. The number of carbonyl (C=O) groups is 1. The number of halogens is 2. The second-order valence-corrected chi connectivity index (χ2v) is 6.67. The predicted octanol–water partition coefficient (Wildman–Crippen LogP) is 4.41. The molecule has 120 valence electrons. The molecule has 1 N–H and O–H groups in total. The van der Waals surface area contributed by atoms with Crippen molar-refractivity contribution in [1.29, 1.82) is 0 Å². The SMILES string of the molecule is CC(C)(Oc1ccc(Cl)cc1)C(=O)N/N=C/c1ccc(Br)cc1. The molecule has 0 aliphatic rings. The lowest BCUT2D eigenvalue weighted by molar-refractivity contribution is -0.134. The van der Waals surface area contributed by atoms with Crippen LogP contribution in [0.4, 0.5) is 0 Å². The molecule has 0 aliphatic carbocycles. The van der Waals surface area contributed by atoms with Crippen molar-refractivity contribution in [3.8, 4) is 5.75 Å². The molecule has 23 heavy (non-hydrogen) atoms. The van der Waals surface area contributed by atoms with E-state index in [0.29, 0.717) is 10.8 Å². The van der Waals surface area contributed by atoms with E-state index in [9.17, 15) is 4.79 Å². The zero-order valence-corrected chi connectivity index (χ0v) is 15.1. The van der Waals surface area contributed by atoms with E-state index < -0.39 is 5.60 Å². The Morgan fingerprint density at radius 3 is 2.39 bits per heavy atom. The smallest absolute Gasteiger partial charge is 0.283 e. The van der Waals surface area contributed by atoms with Gasteiger partial charge in [-0.2, -0.15) is 5.10 Å². The van der Waals surface area contributed by atoms with Gasteiger partial charge in [0.05, 0.1) is 6.21 Å². The van der Waals surface area contributed by atoms with E-state index in [2.05, 4.69) is 26.5 Å². The van der Waals surface area contributed by atoms with Gasteiger partial charge in [0.2, 0.25) is 0 Å². The molecule has 4 nitrogen and oxygen atoms in total. The van der Waals surface area contributed by atoms with Crippen molar-refractivity contribution in [2.24, 2.45) is 5.10 Å². The van der Waals surface area contributed by atoms with Crippen LogP contribution in [0.25, 0.3) is 0 Å². The predicted molar refractivity (Wildman–Crippen MR) is 96.0 cm³/mol. The number of benzene rings is 2. The van der Waals surface area contributed by atoms with Gasteiger partial charge in [0.25, 0.3) is 5.91 Å². The van der Waals surface area contributed by atoms with Gasteiger partial charge in [0, 0.05) is 9.50 Å². The number of hydrazone groups is 1. The van der Waals surface area contributed by atoms with E-state index in [0.717, 1.165) is 10.0 Å². The second-order valence-electron chi connectivity index (χ2n) is 5.32. The van der Waals surface area contributed by atoms with Gasteiger partial charge < -0.3 is 4.74 Å². The van der Waals surface area contributed by atoms with Crippen LogP contribution in [0.2, 0.25) is 5.02 Å². The summed E-state index contributed by atoms with van der Waals surface area (Å²) in [4.78, 5) is 12.2. The number of ether oxygens (including phenoxy) is 1. The standard InChI is InChI=1S/C17H16BrClN2O2/c1-17(2,23-15-9-7-14(19)8-10-15)16(22)21-20-11-12-3-5-13(18)6-4-12/h3-11H,1-2H3,(H,21,22)/b20-11+. The third kappa shape index (κ3) is 5.37. The highest BCUT2D eigenvalue weighted by Crippen LogP contribution is 2.21. The Morgan fingerprint density at radius 2 is 1.78 bits per heavy atom. The fourth-order valence-corrected chi connectivity index (χ4v) is 2.08. The van der Waals surface area contributed by atoms with Gasteiger partial charge in [-0.05, 0) is 55.8 Å². The maximum atomic E-state index is 12.2. The monoisotopic (exact) mass is 394 g/mol. The highest BCUT2D eigenvalue weighted by Gasteiger charge is 2.29. The van der Waals surface area contributed by atoms with E-state index in [-0.39, 0.29) is 5.91 Å². The summed E-state index contributed by atoms with van der Waals surface area (Å²) in [5.41, 5.74) is 2.30. The van der Waals surface area contributed by atoms with Gasteiger partial charge in [0.15, 0.2) is 5.60 Å². The summed E-state index contributed by atoms with van der Waals surface area (Å²) in [7, 11) is 0. The molecule has 0 aliphatic heterocycles. The number of nitrogens with one attached hydrogen (secondary N) is 1. The van der Waals surface area contributed by atoms with Crippen LogP contribution in [-0.2, 0) is 4.79 Å². The molecule has 0 unspecified atom stereocenters. The number of hydrogen-bond donors (Lipinski definition) is 1. The topological polar surface area (TPSA) is 50.7 Å². The lowest BCUT2D eigenvalue weighted by Gasteiger charge is -2.24. The van der Waals surface area contributed by atoms with Crippen molar-refractivity contribution in [2.75, 3.05) is 0 Å². The van der Waals surface area contributed by atoms with Crippen LogP contribution >= 0.6 is 27.5 Å². The maximum Gasteiger partial charge on any atom is 0.283 e. The number of hydrogen-bond acceptors (Lipinski definition) is 3. The largest absolute Gasteiger partial charge is 0.478 e. The van der Waals surface area contributed by atoms with E-state index in [1.54, 1.807) is 44.3 Å². The summed E-state index contributed by atoms with van der Waals surface area (Å²) in [6.07, 6.45) is 1.57. The lowest BCUT2D eigenvalue weighted by Crippen LogP contribution is -2.44. The fraction of sp³-hybridized carbons (Fsp3) is 0.176. The number of carbonyl (C=O) groups excluding carboxylic acids is 1. The van der Waals surface area contributed by atoms with Crippen molar-refractivity contribution in [1.82, 2.24) is 5.43 Å². The summed E-state index contributed by atoms with van der Waals surface area (Å²) < 4.78 is 6.67. The molecule has 2 aromatic rings. The first-order chi connectivity index (χ1) is 10.9. The lowest BCUT2D eigenvalue weighted by atomic mass is 10.1. The molecule has 0 spiro atoms. The van der Waals surface area contributed by atoms with Gasteiger partial charge in [-0.3, -0.25) is 4.79 Å². The van der Waals surface area contributed by atoms with Crippen LogP contribution in [-0.4, -0.2) is 17.7 Å². The third-order valence-corrected chi connectivity index (χ3v) is 3.76. The second kappa shape index (κ2) is 7.62. The minimum atomic E-state index is -1.06. The van der Waals surface area contributed by atoms with Crippen LogP contribution < -0.4 is 10.2 Å². The summed E-state index contributed by atoms with van der Waals surface area (Å²) in [5, 5.41) is 4.56. The van der Waals surface area contributed by atoms with Crippen LogP contribution in [0.15, 0.2) is 58.1 Å². The molecule has 0 saturated heterocycles.